The van der Waals surface area contributed by atoms with Crippen LogP contribution in [-0.4, -0.2) is 9.97 Å². The Balaban J connectivity index is 1.66. The Labute approximate surface area is 141 Å². The predicted molar refractivity (Wildman–Crippen MR) is 95.0 cm³/mol. The van der Waals surface area contributed by atoms with Gasteiger partial charge in [0.05, 0.1) is 11.6 Å². The van der Waals surface area contributed by atoms with Gasteiger partial charge in [-0.15, -0.1) is 0 Å². The average molecular weight is 315 g/mol. The van der Waals surface area contributed by atoms with E-state index in [0.29, 0.717) is 18.1 Å². The number of aryl methyl sites for hydroxylation is 1. The predicted octanol–water partition coefficient (Wildman–Crippen LogP) is 4.01. The van der Waals surface area contributed by atoms with Crippen LogP contribution < -0.4 is 10.6 Å². The minimum Gasteiger partial charge on any atom is -0.366 e. The molecule has 5 heteroatoms. The van der Waals surface area contributed by atoms with Crippen molar-refractivity contribution in [1.82, 2.24) is 9.97 Å². The molecule has 0 aliphatic carbocycles. The second-order valence-electron chi connectivity index (χ2n) is 5.42. The lowest BCUT2D eigenvalue weighted by Gasteiger charge is -2.09. The molecule has 0 spiro atoms. The molecule has 0 atom stereocenters. The van der Waals surface area contributed by atoms with Gasteiger partial charge in [-0.3, -0.25) is 0 Å². The molecule has 0 bridgehead atoms. The van der Waals surface area contributed by atoms with Gasteiger partial charge >= 0.3 is 0 Å². The Morgan fingerprint density at radius 3 is 2.67 bits per heavy atom. The van der Waals surface area contributed by atoms with Crippen molar-refractivity contribution in [3.63, 3.8) is 0 Å². The molecule has 0 saturated carbocycles. The zero-order chi connectivity index (χ0) is 16.8. The summed E-state index contributed by atoms with van der Waals surface area (Å²) < 4.78 is 0. The molecule has 24 heavy (non-hydrogen) atoms. The Bertz CT molecular complexity index is 865. The lowest BCUT2D eigenvalue weighted by Crippen LogP contribution is -2.04. The Morgan fingerprint density at radius 2 is 1.92 bits per heavy atom. The maximum absolute atomic E-state index is 8.82. The highest BCUT2D eigenvalue weighted by Crippen LogP contribution is 2.15. The average Bonchev–Trinajstić information content (AvgIpc) is 2.61. The van der Waals surface area contributed by atoms with Crippen LogP contribution in [0.5, 0.6) is 0 Å². The molecule has 0 aliphatic heterocycles. The van der Waals surface area contributed by atoms with Gasteiger partial charge in [0, 0.05) is 18.4 Å². The molecule has 0 radical (unpaired) electrons. The minimum atomic E-state index is 0.508. The largest absolute Gasteiger partial charge is 0.366 e. The highest BCUT2D eigenvalue weighted by Gasteiger charge is 2.01. The van der Waals surface area contributed by atoms with E-state index in [-0.39, 0.29) is 0 Å². The van der Waals surface area contributed by atoms with E-state index >= 15 is 0 Å². The van der Waals surface area contributed by atoms with E-state index in [4.69, 9.17) is 5.26 Å². The summed E-state index contributed by atoms with van der Waals surface area (Å²) in [6, 6.07) is 19.4. The van der Waals surface area contributed by atoms with E-state index < -0.39 is 0 Å². The maximum atomic E-state index is 8.82. The zero-order valence-electron chi connectivity index (χ0n) is 13.3. The van der Waals surface area contributed by atoms with Gasteiger partial charge in [-0.25, -0.2) is 4.98 Å². The van der Waals surface area contributed by atoms with Crippen LogP contribution >= 0.6 is 0 Å². The molecule has 0 unspecified atom stereocenters. The number of hydrogen-bond acceptors (Lipinski definition) is 5. The summed E-state index contributed by atoms with van der Waals surface area (Å²) in [7, 11) is 0. The van der Waals surface area contributed by atoms with Crippen molar-refractivity contribution in [3.8, 4) is 6.07 Å². The third-order valence-corrected chi connectivity index (χ3v) is 3.48. The molecule has 1 heterocycles. The Morgan fingerprint density at radius 1 is 1.08 bits per heavy atom. The SMILES string of the molecule is Cc1cccc(CNc2ccnc(Nc3ccc(C#N)cc3)n2)c1. The van der Waals surface area contributed by atoms with E-state index in [0.717, 1.165) is 11.5 Å². The fourth-order valence-corrected chi connectivity index (χ4v) is 2.29. The molecular weight excluding hydrogens is 298 g/mol. The van der Waals surface area contributed by atoms with Crippen molar-refractivity contribution in [2.24, 2.45) is 0 Å². The number of anilines is 3. The van der Waals surface area contributed by atoms with Crippen molar-refractivity contribution in [1.29, 1.82) is 5.26 Å². The van der Waals surface area contributed by atoms with Gasteiger partial charge in [-0.05, 0) is 42.8 Å². The maximum Gasteiger partial charge on any atom is 0.229 e. The van der Waals surface area contributed by atoms with Gasteiger partial charge in [-0.1, -0.05) is 29.8 Å². The van der Waals surface area contributed by atoms with Gasteiger partial charge in [0.25, 0.3) is 0 Å². The third-order valence-electron chi connectivity index (χ3n) is 3.48. The standard InChI is InChI=1S/C19H17N5/c1-14-3-2-4-16(11-14)13-22-18-9-10-21-19(24-18)23-17-7-5-15(12-20)6-8-17/h2-11H,13H2,1H3,(H2,21,22,23,24). The van der Waals surface area contributed by atoms with Crippen molar-refractivity contribution in [3.05, 3.63) is 77.5 Å². The Hall–Kier alpha value is -3.39. The van der Waals surface area contributed by atoms with Gasteiger partial charge in [0.2, 0.25) is 5.95 Å². The van der Waals surface area contributed by atoms with E-state index in [9.17, 15) is 0 Å². The van der Waals surface area contributed by atoms with Crippen LogP contribution in [-0.2, 0) is 6.54 Å². The smallest absolute Gasteiger partial charge is 0.229 e. The molecule has 0 fully saturated rings. The van der Waals surface area contributed by atoms with Gasteiger partial charge in [0.15, 0.2) is 0 Å². The molecule has 118 valence electrons. The van der Waals surface area contributed by atoms with Crippen molar-refractivity contribution in [2.75, 3.05) is 10.6 Å². The molecule has 5 nitrogen and oxygen atoms in total. The number of nitrogens with one attached hydrogen (secondary N) is 2. The third kappa shape index (κ3) is 4.08. The highest BCUT2D eigenvalue weighted by atomic mass is 15.1. The van der Waals surface area contributed by atoms with Crippen LogP contribution in [0, 0.1) is 18.3 Å². The summed E-state index contributed by atoms with van der Waals surface area (Å²) in [5.74, 6) is 1.26. The minimum absolute atomic E-state index is 0.508. The Kier molecular flexibility index (Phi) is 4.68. The molecule has 2 N–H and O–H groups in total. The number of rotatable bonds is 5. The van der Waals surface area contributed by atoms with E-state index in [1.54, 1.807) is 18.3 Å². The number of benzene rings is 2. The second kappa shape index (κ2) is 7.25. The summed E-state index contributed by atoms with van der Waals surface area (Å²) in [4.78, 5) is 8.67. The van der Waals surface area contributed by atoms with Crippen LogP contribution in [0.15, 0.2) is 60.8 Å². The topological polar surface area (TPSA) is 73.6 Å². The number of nitrogens with zero attached hydrogens (tertiary/aromatic N) is 3. The van der Waals surface area contributed by atoms with Crippen LogP contribution in [0.1, 0.15) is 16.7 Å². The summed E-state index contributed by atoms with van der Waals surface area (Å²) >= 11 is 0. The molecule has 0 amide bonds. The number of aromatic nitrogens is 2. The second-order valence-corrected chi connectivity index (χ2v) is 5.42. The van der Waals surface area contributed by atoms with E-state index in [1.165, 1.54) is 11.1 Å². The quantitative estimate of drug-likeness (QED) is 0.744. The lowest BCUT2D eigenvalue weighted by molar-refractivity contribution is 1.08. The first-order chi connectivity index (χ1) is 11.7. The van der Waals surface area contributed by atoms with Gasteiger partial charge in [-0.2, -0.15) is 10.2 Å². The number of hydrogen-bond donors (Lipinski definition) is 2. The van der Waals surface area contributed by atoms with E-state index in [1.807, 2.05) is 24.3 Å². The van der Waals surface area contributed by atoms with Crippen LogP contribution in [0.4, 0.5) is 17.5 Å². The molecule has 0 aliphatic rings. The lowest BCUT2D eigenvalue weighted by atomic mass is 10.1. The normalized spacial score (nSPS) is 10.0. The van der Waals surface area contributed by atoms with Gasteiger partial charge < -0.3 is 10.6 Å². The molecule has 2 aromatic carbocycles. The summed E-state index contributed by atoms with van der Waals surface area (Å²) in [6.45, 7) is 2.78. The van der Waals surface area contributed by atoms with Crippen LogP contribution in [0.2, 0.25) is 0 Å². The first-order valence-corrected chi connectivity index (χ1v) is 7.62. The zero-order valence-corrected chi connectivity index (χ0v) is 13.3. The first-order valence-electron chi connectivity index (χ1n) is 7.62. The fraction of sp³-hybridized carbons (Fsp3) is 0.105. The van der Waals surface area contributed by atoms with Crippen molar-refractivity contribution < 1.29 is 0 Å². The molecule has 3 aromatic rings. The summed E-state index contributed by atoms with van der Waals surface area (Å²) in [5.41, 5.74) is 3.90. The molecule has 1 aromatic heterocycles. The highest BCUT2D eigenvalue weighted by molar-refractivity contribution is 5.56. The van der Waals surface area contributed by atoms with Crippen LogP contribution in [0.25, 0.3) is 0 Å². The van der Waals surface area contributed by atoms with Crippen molar-refractivity contribution in [2.45, 2.75) is 13.5 Å². The molecule has 0 saturated heterocycles. The van der Waals surface area contributed by atoms with E-state index in [2.05, 4.69) is 51.8 Å². The molecule has 3 rings (SSSR count). The summed E-state index contributed by atoms with van der Waals surface area (Å²) in [6.07, 6.45) is 1.71. The fourth-order valence-electron chi connectivity index (χ4n) is 2.29. The first kappa shape index (κ1) is 15.5. The van der Waals surface area contributed by atoms with Crippen LogP contribution in [0.3, 0.4) is 0 Å². The molecular formula is C19H17N5. The monoisotopic (exact) mass is 315 g/mol. The summed E-state index contributed by atoms with van der Waals surface area (Å²) in [5, 5.41) is 15.3. The number of nitriles is 1. The van der Waals surface area contributed by atoms with Crippen molar-refractivity contribution >= 4 is 17.5 Å². The van der Waals surface area contributed by atoms with Gasteiger partial charge in [0.1, 0.15) is 5.82 Å².